The lowest BCUT2D eigenvalue weighted by Crippen LogP contribution is -2.42. The molecule has 1 aliphatic carbocycles. The lowest BCUT2D eigenvalue weighted by atomic mass is 9.84. The highest BCUT2D eigenvalue weighted by atomic mass is 32.2. The first-order chi connectivity index (χ1) is 13.9. The molecule has 0 aromatic carbocycles. The van der Waals surface area contributed by atoms with Gasteiger partial charge in [-0.05, 0) is 18.8 Å². The minimum atomic E-state index is -4.54. The Bertz CT molecular complexity index is 849. The first-order valence-electron chi connectivity index (χ1n) is 9.92. The number of sulfonamides is 1. The molecular weight excluding hydrogens is 382 g/mol. The molecular formula is C16H24F2N4O4S. The Kier molecular flexibility index (Phi) is 6.00. The number of alkyl halides is 2. The second kappa shape index (κ2) is 9.38. The molecule has 1 saturated carbocycles. The highest BCUT2D eigenvalue weighted by Gasteiger charge is 2.27. The molecule has 0 aliphatic heterocycles. The zero-order valence-electron chi connectivity index (χ0n) is 17.5. The number of rotatable bonds is 8. The molecule has 8 nitrogen and oxygen atoms in total. The minimum absolute atomic E-state index is 0.00459. The van der Waals surface area contributed by atoms with E-state index in [2.05, 4.69) is 10.3 Å². The second-order valence-corrected chi connectivity index (χ2v) is 8.01. The fourth-order valence-corrected chi connectivity index (χ4v) is 4.00. The van der Waals surface area contributed by atoms with Gasteiger partial charge in [0.25, 0.3) is 6.43 Å². The van der Waals surface area contributed by atoms with Crippen molar-refractivity contribution in [2.24, 2.45) is 11.7 Å². The third kappa shape index (κ3) is 5.81. The molecule has 0 spiro atoms. The summed E-state index contributed by atoms with van der Waals surface area (Å²) in [7, 11) is -7.58. The van der Waals surface area contributed by atoms with Crippen LogP contribution in [0.2, 0.25) is 0 Å². The first kappa shape index (κ1) is 17.3. The van der Waals surface area contributed by atoms with E-state index in [4.69, 9.17) is 14.6 Å². The van der Waals surface area contributed by atoms with Gasteiger partial charge in [-0.15, -0.1) is 0 Å². The number of ether oxygens (including phenoxy) is 1. The van der Waals surface area contributed by atoms with Crippen LogP contribution in [0.3, 0.4) is 0 Å². The van der Waals surface area contributed by atoms with E-state index in [1.165, 1.54) is 0 Å². The van der Waals surface area contributed by atoms with Gasteiger partial charge in [0.05, 0.1) is 29.9 Å². The van der Waals surface area contributed by atoms with Crippen molar-refractivity contribution in [1.82, 2.24) is 9.71 Å². The third-order valence-electron chi connectivity index (χ3n) is 4.37. The molecule has 1 aliphatic rings. The van der Waals surface area contributed by atoms with Crippen molar-refractivity contribution >= 4 is 21.7 Å². The number of hydrogen-bond acceptors (Lipinski definition) is 6. The quantitative estimate of drug-likeness (QED) is 0.598. The molecule has 0 saturated heterocycles. The fourth-order valence-electron chi connectivity index (χ4n) is 2.94. The molecule has 152 valence electrons. The van der Waals surface area contributed by atoms with Crippen LogP contribution in [0.15, 0.2) is 17.2 Å². The lowest BCUT2D eigenvalue weighted by Gasteiger charge is -2.26. The van der Waals surface area contributed by atoms with Crippen molar-refractivity contribution in [3.05, 3.63) is 12.3 Å². The fraction of sp³-hybridized carbons (Fsp3) is 0.625. The number of nitrogens with one attached hydrogen (secondary N) is 2. The lowest BCUT2D eigenvalue weighted by molar-refractivity contribution is -0.118. The number of hydrogen-bond donors (Lipinski definition) is 3. The van der Waals surface area contributed by atoms with Gasteiger partial charge in [0.15, 0.2) is 0 Å². The van der Waals surface area contributed by atoms with E-state index in [1.54, 1.807) is 4.72 Å². The van der Waals surface area contributed by atoms with Crippen LogP contribution in [-0.4, -0.2) is 45.4 Å². The van der Waals surface area contributed by atoms with E-state index in [9.17, 15) is 22.0 Å². The molecule has 1 atom stereocenters. The molecule has 1 heterocycles. The number of methoxy groups -OCH3 is 1. The normalized spacial score (nSPS) is 19.0. The maximum absolute atomic E-state index is 12.4. The number of carbonyl (C=O) groups is 1. The number of halogens is 2. The number of anilines is 1. The number of pyridine rings is 1. The average Bonchev–Trinajstić information content (AvgIpc) is 2.65. The zero-order valence-corrected chi connectivity index (χ0v) is 15.3. The van der Waals surface area contributed by atoms with Crippen LogP contribution >= 0.6 is 0 Å². The van der Waals surface area contributed by atoms with Gasteiger partial charge in [-0.2, -0.15) is 0 Å². The second-order valence-electron chi connectivity index (χ2n) is 6.27. The monoisotopic (exact) mass is 409 g/mol. The summed E-state index contributed by atoms with van der Waals surface area (Å²) < 4.78 is 77.1. The molecule has 4 N–H and O–H groups in total. The molecule has 1 fully saturated rings. The summed E-state index contributed by atoms with van der Waals surface area (Å²) in [6, 6.07) is 0.0876. The Labute approximate surface area is 161 Å². The van der Waals surface area contributed by atoms with E-state index < -0.39 is 52.6 Å². The van der Waals surface area contributed by atoms with E-state index in [-0.39, 0.29) is 11.7 Å². The van der Waals surface area contributed by atoms with Crippen LogP contribution in [0.4, 0.5) is 14.6 Å². The van der Waals surface area contributed by atoms with Crippen LogP contribution in [0.5, 0.6) is 5.75 Å². The molecule has 0 radical (unpaired) electrons. The Morgan fingerprint density at radius 2 is 2.15 bits per heavy atom. The van der Waals surface area contributed by atoms with Gasteiger partial charge < -0.3 is 15.8 Å². The van der Waals surface area contributed by atoms with Crippen LogP contribution in [0.25, 0.3) is 0 Å². The molecule has 27 heavy (non-hydrogen) atoms. The van der Waals surface area contributed by atoms with E-state index >= 15 is 0 Å². The first-order valence-corrected chi connectivity index (χ1v) is 9.91. The predicted octanol–water partition coefficient (Wildman–Crippen LogP) is 1.48. The Morgan fingerprint density at radius 3 is 2.78 bits per heavy atom. The van der Waals surface area contributed by atoms with E-state index in [1.807, 2.05) is 0 Å². The minimum Gasteiger partial charge on any atom is -0.495 e. The van der Waals surface area contributed by atoms with Crippen LogP contribution in [0.1, 0.15) is 36.2 Å². The Morgan fingerprint density at radius 1 is 1.44 bits per heavy atom. The molecule has 11 heteroatoms. The van der Waals surface area contributed by atoms with E-state index in [0.29, 0.717) is 0 Å². The number of nitrogens with two attached hydrogens (primary N) is 1. The van der Waals surface area contributed by atoms with Gasteiger partial charge in [-0.25, -0.2) is 26.9 Å². The van der Waals surface area contributed by atoms with Crippen LogP contribution in [0, 0.1) is 5.92 Å². The van der Waals surface area contributed by atoms with Crippen LogP contribution < -0.4 is 20.5 Å². The number of aromatic nitrogens is 1. The SMILES string of the molecule is [2H]C([2H])([2H])Oc1cc(NC(=O)[C@@H](N)C2CCCCC2)ncc1S(=O)(=O)NCC(F)F. The highest BCUT2D eigenvalue weighted by Crippen LogP contribution is 2.28. The smallest absolute Gasteiger partial charge is 0.251 e. The number of amides is 1. The van der Waals surface area contributed by atoms with Crippen molar-refractivity contribution < 1.29 is 30.8 Å². The summed E-state index contributed by atoms with van der Waals surface area (Å²) in [6.07, 6.45) is 2.40. The molecule has 1 aromatic rings. The van der Waals surface area contributed by atoms with Gasteiger partial charge in [-0.1, -0.05) is 19.3 Å². The molecule has 0 bridgehead atoms. The van der Waals surface area contributed by atoms with Crippen molar-refractivity contribution in [2.45, 2.75) is 49.5 Å². The van der Waals surface area contributed by atoms with Gasteiger partial charge in [-0.3, -0.25) is 4.79 Å². The average molecular weight is 409 g/mol. The van der Waals surface area contributed by atoms with Crippen molar-refractivity contribution in [1.29, 1.82) is 0 Å². The third-order valence-corrected chi connectivity index (χ3v) is 5.80. The highest BCUT2D eigenvalue weighted by molar-refractivity contribution is 7.89. The maximum atomic E-state index is 12.4. The molecule has 1 amide bonds. The van der Waals surface area contributed by atoms with Gasteiger partial charge in [0, 0.05) is 6.07 Å². The largest absolute Gasteiger partial charge is 0.495 e. The Hall–Kier alpha value is -1.85. The van der Waals surface area contributed by atoms with Crippen molar-refractivity contribution in [2.75, 3.05) is 18.9 Å². The summed E-state index contributed by atoms with van der Waals surface area (Å²) in [5.74, 6) is -1.41. The summed E-state index contributed by atoms with van der Waals surface area (Å²) >= 11 is 0. The number of carbonyl (C=O) groups excluding carboxylic acids is 1. The summed E-state index contributed by atoms with van der Waals surface area (Å²) in [4.78, 5) is 15.4. The zero-order chi connectivity index (χ0) is 22.5. The number of nitrogens with zero attached hydrogens (tertiary/aromatic N) is 1. The van der Waals surface area contributed by atoms with Crippen molar-refractivity contribution in [3.63, 3.8) is 0 Å². The van der Waals surface area contributed by atoms with Gasteiger partial charge in [0.1, 0.15) is 16.5 Å². The van der Waals surface area contributed by atoms with E-state index in [0.717, 1.165) is 44.4 Å². The van der Waals surface area contributed by atoms with Crippen LogP contribution in [-0.2, 0) is 14.8 Å². The summed E-state index contributed by atoms with van der Waals surface area (Å²) in [6.45, 7) is -1.18. The molecule has 2 rings (SSSR count). The predicted molar refractivity (Wildman–Crippen MR) is 95.2 cm³/mol. The Balaban J connectivity index is 2.25. The van der Waals surface area contributed by atoms with Gasteiger partial charge >= 0.3 is 0 Å². The topological polar surface area (TPSA) is 123 Å². The summed E-state index contributed by atoms with van der Waals surface area (Å²) in [5, 5.41) is 2.42. The van der Waals surface area contributed by atoms with Crippen molar-refractivity contribution in [3.8, 4) is 5.75 Å². The summed E-state index contributed by atoms with van der Waals surface area (Å²) in [5.41, 5.74) is 6.01. The standard InChI is InChI=1S/C16H24F2N4O4S/c1-26-11-7-14(20-8-12(11)27(24,25)21-9-13(17)18)22-16(23)15(19)10-5-3-2-4-6-10/h7-8,10,13,15,21H,2-6,9,19H2,1H3,(H,20,22,23)/t15-/m0/s1/i1D3. The molecule has 1 aromatic heterocycles. The maximum Gasteiger partial charge on any atom is 0.251 e. The molecule has 0 unspecified atom stereocenters. The van der Waals surface area contributed by atoms with Gasteiger partial charge in [0.2, 0.25) is 15.9 Å².